The van der Waals surface area contributed by atoms with E-state index in [1.807, 2.05) is 0 Å². The van der Waals surface area contributed by atoms with Gasteiger partial charge in [0.2, 0.25) is 0 Å². The number of rotatable bonds is 3. The lowest BCUT2D eigenvalue weighted by Crippen LogP contribution is -2.37. The van der Waals surface area contributed by atoms with Crippen LogP contribution in [0.4, 0.5) is 0 Å². The molecule has 0 aromatic heterocycles. The van der Waals surface area contributed by atoms with Gasteiger partial charge in [-0.25, -0.2) is 0 Å². The minimum atomic E-state index is 0.460. The number of hydrogen-bond acceptors (Lipinski definition) is 1. The van der Waals surface area contributed by atoms with Crippen LogP contribution in [-0.2, 0) is 0 Å². The van der Waals surface area contributed by atoms with Gasteiger partial charge in [0, 0.05) is 6.04 Å². The summed E-state index contributed by atoms with van der Waals surface area (Å²) in [5.41, 5.74) is 1.90. The molecule has 1 heteroatoms. The van der Waals surface area contributed by atoms with Crippen LogP contribution in [0.3, 0.4) is 0 Å². The topological polar surface area (TPSA) is 12.0 Å². The highest BCUT2D eigenvalue weighted by molar-refractivity contribution is 5.20. The molecule has 1 fully saturated rings. The molecule has 0 bridgehead atoms. The van der Waals surface area contributed by atoms with Gasteiger partial charge in [-0.3, -0.25) is 0 Å². The van der Waals surface area contributed by atoms with Crippen molar-refractivity contribution < 1.29 is 0 Å². The van der Waals surface area contributed by atoms with Crippen molar-refractivity contribution in [2.75, 3.05) is 7.05 Å². The van der Waals surface area contributed by atoms with E-state index in [2.05, 4.69) is 56.5 Å². The van der Waals surface area contributed by atoms with Gasteiger partial charge in [-0.1, -0.05) is 57.0 Å². The Hall–Kier alpha value is -0.820. The maximum Gasteiger partial charge on any atom is 0.0351 e. The summed E-state index contributed by atoms with van der Waals surface area (Å²) in [7, 11) is 2.10. The number of benzene rings is 1. The molecule has 1 saturated carbocycles. The van der Waals surface area contributed by atoms with Crippen LogP contribution in [0.5, 0.6) is 0 Å². The number of hydrogen-bond donors (Lipinski definition) is 1. The Bertz CT molecular complexity index is 342. The van der Waals surface area contributed by atoms with E-state index in [1.54, 1.807) is 0 Å². The Morgan fingerprint density at radius 2 is 1.88 bits per heavy atom. The average molecular weight is 231 g/mol. The van der Waals surface area contributed by atoms with Crippen molar-refractivity contribution in [2.45, 2.75) is 45.6 Å². The van der Waals surface area contributed by atoms with Crippen molar-refractivity contribution in [1.29, 1.82) is 0 Å². The van der Waals surface area contributed by atoms with Gasteiger partial charge in [-0.2, -0.15) is 0 Å². The van der Waals surface area contributed by atoms with Crippen molar-refractivity contribution in [1.82, 2.24) is 5.32 Å². The Balaban J connectivity index is 2.23. The summed E-state index contributed by atoms with van der Waals surface area (Å²) in [6.45, 7) is 4.87. The first-order chi connectivity index (χ1) is 8.15. The largest absolute Gasteiger partial charge is 0.313 e. The van der Waals surface area contributed by atoms with Gasteiger partial charge < -0.3 is 5.32 Å². The molecule has 0 heterocycles. The van der Waals surface area contributed by atoms with Crippen LogP contribution in [0.2, 0.25) is 0 Å². The molecule has 0 aliphatic heterocycles. The van der Waals surface area contributed by atoms with Gasteiger partial charge in [0.15, 0.2) is 0 Å². The minimum absolute atomic E-state index is 0.460. The van der Waals surface area contributed by atoms with Crippen LogP contribution in [0.1, 0.15) is 51.1 Å². The third kappa shape index (κ3) is 2.71. The highest BCUT2D eigenvalue weighted by Crippen LogP contribution is 2.46. The lowest BCUT2D eigenvalue weighted by molar-refractivity contribution is 0.101. The predicted octanol–water partition coefficient (Wildman–Crippen LogP) is 4.16. The lowest BCUT2D eigenvalue weighted by Gasteiger charge is -2.43. The maximum absolute atomic E-state index is 3.54. The summed E-state index contributed by atoms with van der Waals surface area (Å²) in [5.74, 6) is 0.753. The van der Waals surface area contributed by atoms with Gasteiger partial charge in [-0.05, 0) is 36.8 Å². The number of nitrogens with one attached hydrogen (secondary N) is 1. The zero-order valence-corrected chi connectivity index (χ0v) is 11.4. The molecule has 1 aromatic carbocycles. The second kappa shape index (κ2) is 5.22. The molecule has 1 N–H and O–H groups in total. The summed E-state index contributed by atoms with van der Waals surface area (Å²) in [6, 6.07) is 11.4. The molecule has 94 valence electrons. The van der Waals surface area contributed by atoms with Crippen molar-refractivity contribution in [3.8, 4) is 0 Å². The van der Waals surface area contributed by atoms with Gasteiger partial charge in [-0.15, -0.1) is 0 Å². The summed E-state index contributed by atoms with van der Waals surface area (Å²) in [5, 5.41) is 3.54. The second-order valence-electron chi connectivity index (χ2n) is 6.02. The second-order valence-corrected chi connectivity index (χ2v) is 6.02. The highest BCUT2D eigenvalue weighted by Gasteiger charge is 2.37. The summed E-state index contributed by atoms with van der Waals surface area (Å²) in [4.78, 5) is 0. The molecule has 1 nitrogen and oxygen atoms in total. The molecule has 1 aliphatic carbocycles. The first-order valence-electron chi connectivity index (χ1n) is 6.87. The molecular formula is C16H25N. The summed E-state index contributed by atoms with van der Waals surface area (Å²) >= 11 is 0. The first kappa shape index (κ1) is 12.6. The molecule has 17 heavy (non-hydrogen) atoms. The van der Waals surface area contributed by atoms with E-state index >= 15 is 0 Å². The van der Waals surface area contributed by atoms with Gasteiger partial charge in [0.1, 0.15) is 0 Å². The molecule has 0 amide bonds. The van der Waals surface area contributed by atoms with Crippen molar-refractivity contribution in [2.24, 2.45) is 11.3 Å². The van der Waals surface area contributed by atoms with E-state index in [0.717, 1.165) is 5.92 Å². The smallest absolute Gasteiger partial charge is 0.0351 e. The van der Waals surface area contributed by atoms with E-state index in [-0.39, 0.29) is 0 Å². The van der Waals surface area contributed by atoms with Gasteiger partial charge in [0.25, 0.3) is 0 Å². The summed E-state index contributed by atoms with van der Waals surface area (Å²) < 4.78 is 0. The molecule has 2 atom stereocenters. The van der Waals surface area contributed by atoms with Gasteiger partial charge in [0.05, 0.1) is 0 Å². The van der Waals surface area contributed by atoms with Crippen molar-refractivity contribution in [3.05, 3.63) is 35.9 Å². The lowest BCUT2D eigenvalue weighted by atomic mass is 9.65. The molecule has 2 rings (SSSR count). The van der Waals surface area contributed by atoms with Crippen molar-refractivity contribution >= 4 is 0 Å². The molecule has 0 spiro atoms. The van der Waals surface area contributed by atoms with Crippen molar-refractivity contribution in [3.63, 3.8) is 0 Å². The van der Waals surface area contributed by atoms with Crippen LogP contribution in [0.25, 0.3) is 0 Å². The zero-order chi connectivity index (χ0) is 12.3. The molecule has 0 saturated heterocycles. The SMILES string of the molecule is CNC(c1ccccc1)C1CCCCC1(C)C. The average Bonchev–Trinajstić information content (AvgIpc) is 2.33. The normalized spacial score (nSPS) is 25.5. The third-order valence-electron chi connectivity index (χ3n) is 4.46. The standard InChI is InChI=1S/C16H25N/c1-16(2)12-8-7-11-14(16)15(17-3)13-9-5-4-6-10-13/h4-6,9-10,14-15,17H,7-8,11-12H2,1-3H3. The van der Waals surface area contributed by atoms with Crippen LogP contribution in [0.15, 0.2) is 30.3 Å². The fourth-order valence-corrected chi connectivity index (χ4v) is 3.40. The highest BCUT2D eigenvalue weighted by atomic mass is 14.9. The molecule has 1 aromatic rings. The Morgan fingerprint density at radius 1 is 1.18 bits per heavy atom. The molecule has 0 radical (unpaired) electrons. The van der Waals surface area contributed by atoms with Crippen LogP contribution in [-0.4, -0.2) is 7.05 Å². The van der Waals surface area contributed by atoms with E-state index in [0.29, 0.717) is 11.5 Å². The van der Waals surface area contributed by atoms with Crippen LogP contribution < -0.4 is 5.32 Å². The fourth-order valence-electron chi connectivity index (χ4n) is 3.40. The van der Waals surface area contributed by atoms with Gasteiger partial charge >= 0.3 is 0 Å². The fraction of sp³-hybridized carbons (Fsp3) is 0.625. The van der Waals surface area contributed by atoms with Crippen LogP contribution >= 0.6 is 0 Å². The van der Waals surface area contributed by atoms with E-state index in [9.17, 15) is 0 Å². The Kier molecular flexibility index (Phi) is 3.88. The monoisotopic (exact) mass is 231 g/mol. The molecule has 1 aliphatic rings. The maximum atomic E-state index is 3.54. The predicted molar refractivity (Wildman–Crippen MR) is 74.0 cm³/mol. The quantitative estimate of drug-likeness (QED) is 0.823. The molecule has 2 unspecified atom stereocenters. The first-order valence-corrected chi connectivity index (χ1v) is 6.87. The minimum Gasteiger partial charge on any atom is -0.313 e. The summed E-state index contributed by atoms with van der Waals surface area (Å²) in [6.07, 6.45) is 5.50. The third-order valence-corrected chi connectivity index (χ3v) is 4.46. The van der Waals surface area contributed by atoms with Crippen LogP contribution in [0, 0.1) is 11.3 Å². The van der Waals surface area contributed by atoms with E-state index in [4.69, 9.17) is 0 Å². The van der Waals surface area contributed by atoms with E-state index < -0.39 is 0 Å². The Labute approximate surface area is 106 Å². The Morgan fingerprint density at radius 3 is 2.47 bits per heavy atom. The molecular weight excluding hydrogens is 206 g/mol. The van der Waals surface area contributed by atoms with E-state index in [1.165, 1.54) is 31.2 Å². The zero-order valence-electron chi connectivity index (χ0n) is 11.4.